The van der Waals surface area contributed by atoms with Crippen molar-refractivity contribution < 1.29 is 4.74 Å². The normalized spacial score (nSPS) is 15.0. The van der Waals surface area contributed by atoms with E-state index in [0.29, 0.717) is 0 Å². The highest BCUT2D eigenvalue weighted by molar-refractivity contribution is 5.92. The summed E-state index contributed by atoms with van der Waals surface area (Å²) in [5, 5.41) is 1.02. The minimum absolute atomic E-state index is 0.235. The zero-order chi connectivity index (χ0) is 15.1. The average Bonchev–Trinajstić information content (AvgIpc) is 2.85. The van der Waals surface area contributed by atoms with E-state index >= 15 is 0 Å². The second-order valence-corrected chi connectivity index (χ2v) is 5.93. The maximum absolute atomic E-state index is 6.05. The molecule has 0 bridgehead atoms. The quantitative estimate of drug-likeness (QED) is 0.779. The van der Waals surface area contributed by atoms with E-state index in [1.165, 1.54) is 11.3 Å². The van der Waals surface area contributed by atoms with Crippen molar-refractivity contribution in [3.63, 3.8) is 0 Å². The van der Waals surface area contributed by atoms with E-state index in [1.807, 2.05) is 24.4 Å². The maximum atomic E-state index is 6.05. The molecule has 4 nitrogen and oxygen atoms in total. The molecule has 4 heteroatoms. The first-order chi connectivity index (χ1) is 10.7. The third-order valence-electron chi connectivity index (χ3n) is 4.24. The van der Waals surface area contributed by atoms with Crippen LogP contribution in [0.1, 0.15) is 5.56 Å². The van der Waals surface area contributed by atoms with Gasteiger partial charge < -0.3 is 20.4 Å². The Bertz CT molecular complexity index is 801. The second kappa shape index (κ2) is 4.98. The molecule has 3 aromatic rings. The molecule has 3 N–H and O–H groups in total. The molecule has 0 radical (unpaired) electrons. The highest BCUT2D eigenvalue weighted by atomic mass is 16.5. The average molecular weight is 293 g/mol. The Morgan fingerprint density at radius 2 is 1.91 bits per heavy atom. The number of hydrogen-bond donors (Lipinski definition) is 2. The molecule has 0 spiro atoms. The van der Waals surface area contributed by atoms with Crippen molar-refractivity contribution in [1.82, 2.24) is 4.98 Å². The summed E-state index contributed by atoms with van der Waals surface area (Å²) < 4.78 is 6.05. The molecule has 112 valence electrons. The van der Waals surface area contributed by atoms with Crippen LogP contribution in [0.5, 0.6) is 5.75 Å². The molecule has 1 aromatic heterocycles. The molecule has 4 rings (SSSR count). The summed E-state index contributed by atoms with van der Waals surface area (Å²) in [6.07, 6.45) is 2.05. The van der Waals surface area contributed by atoms with Crippen LogP contribution in [0.15, 0.2) is 48.7 Å². The lowest BCUT2D eigenvalue weighted by Crippen LogP contribution is -2.54. The monoisotopic (exact) mass is 293 g/mol. The zero-order valence-electron chi connectivity index (χ0n) is 12.5. The number of anilines is 2. The number of nitrogen functional groups attached to an aromatic ring is 1. The Balaban J connectivity index is 1.42. The van der Waals surface area contributed by atoms with Gasteiger partial charge in [0.1, 0.15) is 11.9 Å². The van der Waals surface area contributed by atoms with Gasteiger partial charge in [-0.1, -0.05) is 17.7 Å². The molecular formula is C18H19N3O. The Kier molecular flexibility index (Phi) is 2.96. The van der Waals surface area contributed by atoms with Crippen molar-refractivity contribution in [1.29, 1.82) is 0 Å². The van der Waals surface area contributed by atoms with Crippen LogP contribution in [-0.2, 0) is 0 Å². The summed E-state index contributed by atoms with van der Waals surface area (Å²) in [6.45, 7) is 3.95. The number of aryl methyl sites for hydroxylation is 1. The summed E-state index contributed by atoms with van der Waals surface area (Å²) in [5.74, 6) is 0.882. The van der Waals surface area contributed by atoms with Crippen LogP contribution in [0.3, 0.4) is 0 Å². The predicted molar refractivity (Wildman–Crippen MR) is 90.5 cm³/mol. The van der Waals surface area contributed by atoms with Gasteiger partial charge in [0.25, 0.3) is 0 Å². The molecule has 1 aliphatic rings. The largest absolute Gasteiger partial charge is 0.487 e. The SMILES string of the molecule is Cc1ccc(N2CC(Oc3ccc4[nH]cc(N)c4c3)C2)cc1. The number of aromatic nitrogens is 1. The van der Waals surface area contributed by atoms with Gasteiger partial charge in [0.2, 0.25) is 0 Å². The van der Waals surface area contributed by atoms with Crippen LogP contribution in [0.25, 0.3) is 10.9 Å². The third-order valence-corrected chi connectivity index (χ3v) is 4.24. The first-order valence-electron chi connectivity index (χ1n) is 7.54. The van der Waals surface area contributed by atoms with Crippen LogP contribution in [0.4, 0.5) is 11.4 Å². The Hall–Kier alpha value is -2.62. The van der Waals surface area contributed by atoms with Crippen LogP contribution in [0.2, 0.25) is 0 Å². The van der Waals surface area contributed by atoms with Crippen LogP contribution in [-0.4, -0.2) is 24.2 Å². The molecule has 1 saturated heterocycles. The number of H-pyrrole nitrogens is 1. The fourth-order valence-electron chi connectivity index (χ4n) is 2.87. The van der Waals surface area contributed by atoms with Crippen LogP contribution in [0, 0.1) is 6.92 Å². The standard InChI is InChI=1S/C18H19N3O/c1-12-2-4-13(5-3-12)21-10-15(11-21)22-14-6-7-18-16(8-14)17(19)9-20-18/h2-9,15,20H,10-11,19H2,1H3. The molecular weight excluding hydrogens is 274 g/mol. The van der Waals surface area contributed by atoms with Gasteiger partial charge in [-0.25, -0.2) is 0 Å². The number of aromatic amines is 1. The van der Waals surface area contributed by atoms with E-state index in [1.54, 1.807) is 0 Å². The van der Waals surface area contributed by atoms with Gasteiger partial charge in [-0.2, -0.15) is 0 Å². The van der Waals surface area contributed by atoms with E-state index in [9.17, 15) is 0 Å². The topological polar surface area (TPSA) is 54.3 Å². The number of benzene rings is 2. The lowest BCUT2D eigenvalue weighted by molar-refractivity contribution is 0.168. The molecule has 1 fully saturated rings. The number of rotatable bonds is 3. The van der Waals surface area contributed by atoms with Crippen molar-refractivity contribution in [3.8, 4) is 5.75 Å². The van der Waals surface area contributed by atoms with Gasteiger partial charge >= 0.3 is 0 Å². The summed E-state index contributed by atoms with van der Waals surface area (Å²) in [7, 11) is 0. The lowest BCUT2D eigenvalue weighted by atomic mass is 10.1. The van der Waals surface area contributed by atoms with Gasteiger partial charge in [0.15, 0.2) is 0 Å². The number of nitrogens with zero attached hydrogens (tertiary/aromatic N) is 1. The fraction of sp³-hybridized carbons (Fsp3) is 0.222. The lowest BCUT2D eigenvalue weighted by Gasteiger charge is -2.40. The van der Waals surface area contributed by atoms with Crippen LogP contribution >= 0.6 is 0 Å². The fourth-order valence-corrected chi connectivity index (χ4v) is 2.87. The van der Waals surface area contributed by atoms with Gasteiger partial charge in [-0.05, 0) is 37.3 Å². The number of fused-ring (bicyclic) bond motifs is 1. The molecule has 1 aliphatic heterocycles. The molecule has 0 saturated carbocycles. The highest BCUT2D eigenvalue weighted by Crippen LogP contribution is 2.28. The summed E-state index contributed by atoms with van der Waals surface area (Å²) >= 11 is 0. The molecule has 0 unspecified atom stereocenters. The zero-order valence-corrected chi connectivity index (χ0v) is 12.5. The molecule has 0 amide bonds. The minimum atomic E-state index is 0.235. The summed E-state index contributed by atoms with van der Waals surface area (Å²) in [6, 6.07) is 14.6. The first kappa shape index (κ1) is 13.1. The van der Waals surface area contributed by atoms with E-state index < -0.39 is 0 Å². The van der Waals surface area contributed by atoms with Gasteiger partial charge in [-0.15, -0.1) is 0 Å². The minimum Gasteiger partial charge on any atom is -0.487 e. The Morgan fingerprint density at radius 3 is 2.68 bits per heavy atom. The smallest absolute Gasteiger partial charge is 0.133 e. The molecule has 0 atom stereocenters. The highest BCUT2D eigenvalue weighted by Gasteiger charge is 2.28. The molecule has 2 aromatic carbocycles. The number of hydrogen-bond acceptors (Lipinski definition) is 3. The maximum Gasteiger partial charge on any atom is 0.133 e. The van der Waals surface area contributed by atoms with Crippen molar-refractivity contribution >= 4 is 22.3 Å². The molecule has 0 aliphatic carbocycles. The van der Waals surface area contributed by atoms with Crippen molar-refractivity contribution in [2.45, 2.75) is 13.0 Å². The van der Waals surface area contributed by atoms with Crippen molar-refractivity contribution in [2.75, 3.05) is 23.7 Å². The number of nitrogens with two attached hydrogens (primary N) is 1. The summed E-state index contributed by atoms with van der Waals surface area (Å²) in [4.78, 5) is 5.47. The Morgan fingerprint density at radius 1 is 1.14 bits per heavy atom. The third kappa shape index (κ3) is 2.26. The summed E-state index contributed by atoms with van der Waals surface area (Å²) in [5.41, 5.74) is 10.3. The van der Waals surface area contributed by atoms with Gasteiger partial charge in [0.05, 0.1) is 18.8 Å². The van der Waals surface area contributed by atoms with E-state index in [2.05, 4.69) is 41.1 Å². The van der Waals surface area contributed by atoms with Gasteiger partial charge in [-0.3, -0.25) is 0 Å². The number of ether oxygens (including phenoxy) is 1. The van der Waals surface area contributed by atoms with Crippen LogP contribution < -0.4 is 15.4 Å². The molecule has 22 heavy (non-hydrogen) atoms. The van der Waals surface area contributed by atoms with E-state index in [4.69, 9.17) is 10.5 Å². The second-order valence-electron chi connectivity index (χ2n) is 5.93. The van der Waals surface area contributed by atoms with E-state index in [-0.39, 0.29) is 6.10 Å². The Labute approximate surface area is 129 Å². The molecule has 2 heterocycles. The van der Waals surface area contributed by atoms with Crippen molar-refractivity contribution in [2.24, 2.45) is 0 Å². The number of nitrogens with one attached hydrogen (secondary N) is 1. The van der Waals surface area contributed by atoms with Gasteiger partial charge in [0, 0.05) is 22.8 Å². The van der Waals surface area contributed by atoms with Crippen molar-refractivity contribution in [3.05, 3.63) is 54.2 Å². The first-order valence-corrected chi connectivity index (χ1v) is 7.54. The predicted octanol–water partition coefficient (Wildman–Crippen LogP) is 3.33. The van der Waals surface area contributed by atoms with E-state index in [0.717, 1.165) is 35.4 Å².